The van der Waals surface area contributed by atoms with Gasteiger partial charge in [0.2, 0.25) is 11.8 Å². The molecule has 5 nitrogen and oxygen atoms in total. The molecule has 0 N–H and O–H groups in total. The van der Waals surface area contributed by atoms with Gasteiger partial charge in [0.15, 0.2) is 0 Å². The van der Waals surface area contributed by atoms with E-state index < -0.39 is 0 Å². The van der Waals surface area contributed by atoms with E-state index in [4.69, 9.17) is 9.47 Å². The van der Waals surface area contributed by atoms with Crippen LogP contribution in [0, 0.1) is 11.8 Å². The lowest BCUT2D eigenvalue weighted by atomic mass is 10.1. The van der Waals surface area contributed by atoms with E-state index in [0.29, 0.717) is 36.8 Å². The highest BCUT2D eigenvalue weighted by atomic mass is 16.5. The molecule has 1 aromatic heterocycles. The first-order valence-corrected chi connectivity index (χ1v) is 7.93. The molecule has 3 rings (SSSR count). The van der Waals surface area contributed by atoms with Crippen LogP contribution in [0.1, 0.15) is 39.1 Å². The van der Waals surface area contributed by atoms with Gasteiger partial charge < -0.3 is 9.47 Å². The fourth-order valence-electron chi connectivity index (χ4n) is 2.42. The first-order valence-electron chi connectivity index (χ1n) is 7.93. The third kappa shape index (κ3) is 2.98. The highest BCUT2D eigenvalue weighted by Crippen LogP contribution is 2.19. The van der Waals surface area contributed by atoms with Gasteiger partial charge in [0, 0.05) is 0 Å². The Morgan fingerprint density at radius 3 is 1.68 bits per heavy atom. The number of hydrogen-bond donors (Lipinski definition) is 0. The molecule has 5 heteroatoms. The number of nitrogens with zero attached hydrogens (tertiary/aromatic N) is 3. The Morgan fingerprint density at radius 2 is 1.32 bits per heavy atom. The number of rotatable bonds is 4. The Balaban J connectivity index is 1.82. The van der Waals surface area contributed by atoms with E-state index in [-0.39, 0.29) is 12.1 Å². The minimum absolute atomic E-state index is 0.214. The van der Waals surface area contributed by atoms with Crippen LogP contribution in [0.5, 0.6) is 0 Å². The predicted molar refractivity (Wildman–Crippen MR) is 86.5 cm³/mol. The molecule has 2 aliphatic rings. The third-order valence-electron chi connectivity index (χ3n) is 4.07. The Hall–Kier alpha value is -1.91. The number of aliphatic imine (C=N–C) groups is 2. The molecule has 0 aliphatic carbocycles. The molecule has 0 aromatic carbocycles. The Bertz CT molecular complexity index is 558. The van der Waals surface area contributed by atoms with Crippen LogP contribution in [0.25, 0.3) is 0 Å². The van der Waals surface area contributed by atoms with Crippen molar-refractivity contribution in [3.63, 3.8) is 0 Å². The van der Waals surface area contributed by atoms with Gasteiger partial charge >= 0.3 is 0 Å². The van der Waals surface area contributed by atoms with Gasteiger partial charge in [0.1, 0.15) is 24.6 Å². The highest BCUT2D eigenvalue weighted by molar-refractivity contribution is 5.97. The van der Waals surface area contributed by atoms with Crippen LogP contribution in [0.4, 0.5) is 0 Å². The predicted octanol–water partition coefficient (Wildman–Crippen LogP) is 2.68. The van der Waals surface area contributed by atoms with Crippen LogP contribution in [-0.4, -0.2) is 42.1 Å². The maximum atomic E-state index is 5.70. The number of pyridine rings is 1. The fourth-order valence-corrected chi connectivity index (χ4v) is 2.42. The molecular weight excluding hydrogens is 278 g/mol. The Morgan fingerprint density at radius 1 is 0.864 bits per heavy atom. The molecule has 2 atom stereocenters. The lowest BCUT2D eigenvalue weighted by molar-refractivity contribution is 0.290. The van der Waals surface area contributed by atoms with Crippen molar-refractivity contribution in [2.45, 2.75) is 39.8 Å². The maximum absolute atomic E-state index is 5.70. The van der Waals surface area contributed by atoms with Crippen LogP contribution >= 0.6 is 0 Å². The molecule has 0 spiro atoms. The van der Waals surface area contributed by atoms with Gasteiger partial charge in [-0.1, -0.05) is 33.8 Å². The monoisotopic (exact) mass is 301 g/mol. The van der Waals surface area contributed by atoms with Crippen LogP contribution in [0.2, 0.25) is 0 Å². The zero-order chi connectivity index (χ0) is 15.7. The average molecular weight is 301 g/mol. The Kier molecular flexibility index (Phi) is 4.14. The first kappa shape index (κ1) is 15.0. The van der Waals surface area contributed by atoms with E-state index in [1.54, 1.807) is 0 Å². The van der Waals surface area contributed by atoms with Gasteiger partial charge in [-0.2, -0.15) is 0 Å². The van der Waals surface area contributed by atoms with Crippen molar-refractivity contribution in [3.8, 4) is 0 Å². The zero-order valence-electron chi connectivity index (χ0n) is 13.6. The van der Waals surface area contributed by atoms with E-state index in [0.717, 1.165) is 11.4 Å². The van der Waals surface area contributed by atoms with Crippen molar-refractivity contribution < 1.29 is 9.47 Å². The maximum Gasteiger partial charge on any atom is 0.235 e. The quantitative estimate of drug-likeness (QED) is 0.859. The molecule has 0 radical (unpaired) electrons. The van der Waals surface area contributed by atoms with Crippen LogP contribution in [0.3, 0.4) is 0 Å². The molecule has 0 amide bonds. The minimum Gasteiger partial charge on any atom is -0.474 e. The summed E-state index contributed by atoms with van der Waals surface area (Å²) >= 11 is 0. The van der Waals surface area contributed by atoms with Crippen LogP contribution in [-0.2, 0) is 9.47 Å². The number of hydrogen-bond acceptors (Lipinski definition) is 5. The van der Waals surface area contributed by atoms with Crippen molar-refractivity contribution in [1.82, 2.24) is 4.98 Å². The van der Waals surface area contributed by atoms with Crippen LogP contribution in [0.15, 0.2) is 28.2 Å². The minimum atomic E-state index is 0.214. The summed E-state index contributed by atoms with van der Waals surface area (Å²) in [5, 5.41) is 0. The van der Waals surface area contributed by atoms with Crippen molar-refractivity contribution in [2.24, 2.45) is 21.8 Å². The standard InChI is InChI=1S/C17H23N3O2/c1-10(2)14-8-21-16(19-14)12-6-5-7-13(18-12)17-20-15(9-22-17)11(3)4/h5-7,10-11,14-15H,8-9H2,1-4H3/t14-,15?/m0/s1. The number of ether oxygens (including phenoxy) is 2. The fraction of sp³-hybridized carbons (Fsp3) is 0.588. The van der Waals surface area contributed by atoms with Crippen molar-refractivity contribution in [2.75, 3.05) is 13.2 Å². The second kappa shape index (κ2) is 6.07. The highest BCUT2D eigenvalue weighted by Gasteiger charge is 2.26. The average Bonchev–Trinajstić information content (AvgIpc) is 3.17. The lowest BCUT2D eigenvalue weighted by Crippen LogP contribution is -2.13. The molecule has 1 unspecified atom stereocenters. The second-order valence-electron chi connectivity index (χ2n) is 6.52. The number of aromatic nitrogens is 1. The molecule has 0 bridgehead atoms. The SMILES string of the molecule is CC(C)C1COC(c2cccc(C3=N[C@H](C(C)C)CO3)n2)=N1. The van der Waals surface area contributed by atoms with E-state index in [2.05, 4.69) is 42.7 Å². The van der Waals surface area contributed by atoms with Gasteiger partial charge in [-0.3, -0.25) is 0 Å². The summed E-state index contributed by atoms with van der Waals surface area (Å²) in [7, 11) is 0. The van der Waals surface area contributed by atoms with Gasteiger partial charge in [0.05, 0.1) is 12.1 Å². The summed E-state index contributed by atoms with van der Waals surface area (Å²) in [6.07, 6.45) is 0. The second-order valence-corrected chi connectivity index (χ2v) is 6.52. The molecule has 0 fully saturated rings. The van der Waals surface area contributed by atoms with Crippen molar-refractivity contribution in [3.05, 3.63) is 29.6 Å². The molecule has 0 saturated carbocycles. The molecular formula is C17H23N3O2. The molecule has 22 heavy (non-hydrogen) atoms. The summed E-state index contributed by atoms with van der Waals surface area (Å²) in [6, 6.07) is 6.21. The summed E-state index contributed by atoms with van der Waals surface area (Å²) in [4.78, 5) is 13.9. The molecule has 3 heterocycles. The summed E-state index contributed by atoms with van der Waals surface area (Å²) < 4.78 is 11.4. The van der Waals surface area contributed by atoms with E-state index in [1.165, 1.54) is 0 Å². The van der Waals surface area contributed by atoms with Gasteiger partial charge in [0.25, 0.3) is 0 Å². The zero-order valence-corrected chi connectivity index (χ0v) is 13.6. The van der Waals surface area contributed by atoms with E-state index in [9.17, 15) is 0 Å². The van der Waals surface area contributed by atoms with Gasteiger partial charge in [-0.05, 0) is 24.0 Å². The summed E-state index contributed by atoms with van der Waals surface area (Å²) in [5.74, 6) is 2.18. The molecule has 2 aliphatic heterocycles. The van der Waals surface area contributed by atoms with Gasteiger partial charge in [-0.15, -0.1) is 0 Å². The van der Waals surface area contributed by atoms with E-state index in [1.807, 2.05) is 18.2 Å². The first-order chi connectivity index (χ1) is 10.5. The smallest absolute Gasteiger partial charge is 0.235 e. The van der Waals surface area contributed by atoms with E-state index >= 15 is 0 Å². The Labute approximate surface area is 131 Å². The molecule has 0 saturated heterocycles. The third-order valence-corrected chi connectivity index (χ3v) is 4.07. The summed E-state index contributed by atoms with van der Waals surface area (Å²) in [6.45, 7) is 9.86. The van der Waals surface area contributed by atoms with Gasteiger partial charge in [-0.25, -0.2) is 15.0 Å². The van der Waals surface area contributed by atoms with Crippen LogP contribution < -0.4 is 0 Å². The normalized spacial score (nSPS) is 24.3. The lowest BCUT2D eigenvalue weighted by Gasteiger charge is -2.06. The van der Waals surface area contributed by atoms with Crippen molar-refractivity contribution >= 4 is 11.8 Å². The summed E-state index contributed by atoms with van der Waals surface area (Å²) in [5.41, 5.74) is 1.50. The molecule has 118 valence electrons. The molecule has 1 aromatic rings. The topological polar surface area (TPSA) is 56.1 Å². The largest absolute Gasteiger partial charge is 0.474 e. The van der Waals surface area contributed by atoms with Crippen molar-refractivity contribution in [1.29, 1.82) is 0 Å².